The maximum absolute atomic E-state index is 12.7. The largest absolute Gasteiger partial charge is 0.343 e. The van der Waals surface area contributed by atoms with E-state index in [9.17, 15) is 4.79 Å². The fraction of sp³-hybridized carbons (Fsp3) is 0.690. The van der Waals surface area contributed by atoms with E-state index in [2.05, 4.69) is 140 Å². The molecule has 0 bridgehead atoms. The zero-order valence-electron chi connectivity index (χ0n) is 33.2. The Hall–Kier alpha value is -1.41. The van der Waals surface area contributed by atoms with Crippen molar-refractivity contribution in [3.63, 3.8) is 0 Å². The van der Waals surface area contributed by atoms with Gasteiger partial charge in [-0.05, 0) is 102 Å². The molecule has 272 valence electrons. The van der Waals surface area contributed by atoms with Crippen LogP contribution in [-0.4, -0.2) is 64.6 Å². The molecule has 0 N–H and O–H groups in total. The molecule has 0 radical (unpaired) electrons. The molecule has 2 unspecified atom stereocenters. The molecule has 4 rings (SSSR count). The Morgan fingerprint density at radius 3 is 1.44 bits per heavy atom. The summed E-state index contributed by atoms with van der Waals surface area (Å²) in [6.07, 6.45) is 4.39. The van der Waals surface area contributed by atoms with Crippen molar-refractivity contribution >= 4 is 34.5 Å². The van der Waals surface area contributed by atoms with Gasteiger partial charge in [-0.15, -0.1) is 12.4 Å². The quantitative estimate of drug-likeness (QED) is 0.217. The second-order valence-electron chi connectivity index (χ2n) is 18.2. The number of benzene rings is 2. The fourth-order valence-corrected chi connectivity index (χ4v) is 11.0. The zero-order chi connectivity index (χ0) is 35.0. The number of hydrogen-bond donors (Lipinski definition) is 0. The molecule has 0 spiro atoms. The average Bonchev–Trinajstić information content (AvgIpc) is 3.02. The Morgan fingerprint density at radius 1 is 0.667 bits per heavy atom. The fourth-order valence-electron chi connectivity index (χ4n) is 6.93. The van der Waals surface area contributed by atoms with Crippen LogP contribution in [0.5, 0.6) is 0 Å². The lowest BCUT2D eigenvalue weighted by Gasteiger charge is -2.37. The summed E-state index contributed by atoms with van der Waals surface area (Å²) < 4.78 is 0. The van der Waals surface area contributed by atoms with E-state index in [0.29, 0.717) is 11.3 Å². The van der Waals surface area contributed by atoms with Crippen molar-refractivity contribution < 1.29 is 4.79 Å². The minimum Gasteiger partial charge on any atom is -0.343 e. The van der Waals surface area contributed by atoms with Gasteiger partial charge in [-0.1, -0.05) is 130 Å². The first-order valence-electron chi connectivity index (χ1n) is 19.1. The SMILES string of the molecule is CCC(C)(C)c1ccc(CC(C)C(=O)N2CC[Si](C)(C)CC2)cc1.CCC(C)(C)c1ccc(CC(C)CN2CC[Si](C)(C)CC2)cc1.Cl. The molecule has 1 amide bonds. The number of amides is 1. The maximum atomic E-state index is 12.7. The third-order valence-electron chi connectivity index (χ3n) is 12.0. The second kappa shape index (κ2) is 18.2. The molecule has 48 heavy (non-hydrogen) atoms. The van der Waals surface area contributed by atoms with Crippen LogP contribution >= 0.6 is 12.4 Å². The Balaban J connectivity index is 0.000000327. The van der Waals surface area contributed by atoms with Crippen molar-refractivity contribution in [3.8, 4) is 0 Å². The van der Waals surface area contributed by atoms with Crippen LogP contribution in [0.1, 0.15) is 90.5 Å². The topological polar surface area (TPSA) is 23.6 Å². The molecule has 2 aromatic carbocycles. The van der Waals surface area contributed by atoms with Gasteiger partial charge in [0.05, 0.1) is 8.07 Å². The van der Waals surface area contributed by atoms with E-state index in [1.54, 1.807) is 0 Å². The van der Waals surface area contributed by atoms with Gasteiger partial charge in [0.15, 0.2) is 0 Å². The van der Waals surface area contributed by atoms with Crippen LogP contribution in [0.4, 0.5) is 0 Å². The molecule has 2 aliphatic heterocycles. The predicted octanol–water partition coefficient (Wildman–Crippen LogP) is 11.1. The summed E-state index contributed by atoms with van der Waals surface area (Å²) in [4.78, 5) is 17.5. The minimum absolute atomic E-state index is 0. The van der Waals surface area contributed by atoms with Crippen molar-refractivity contribution in [1.29, 1.82) is 0 Å². The van der Waals surface area contributed by atoms with Crippen LogP contribution in [-0.2, 0) is 28.5 Å². The summed E-state index contributed by atoms with van der Waals surface area (Å²) in [6.45, 7) is 34.2. The number of rotatable bonds is 11. The summed E-state index contributed by atoms with van der Waals surface area (Å²) in [6, 6.07) is 23.8. The molecule has 2 aliphatic rings. The molecule has 2 heterocycles. The van der Waals surface area contributed by atoms with Crippen LogP contribution < -0.4 is 0 Å². The highest BCUT2D eigenvalue weighted by molar-refractivity contribution is 6.78. The van der Waals surface area contributed by atoms with E-state index >= 15 is 0 Å². The standard InChI is InChI=1S/C21H35NOSi.C21H37NSi.ClH/c1-7-21(3,4)19-10-8-18(9-11-19)16-17(2)20(23)22-12-14-24(5,6)15-13-22;1-7-21(3,4)20-10-8-19(9-11-20)16-18(2)17-22-12-14-23(5,6)15-13-22;/h8-11,17H,7,12-16H2,1-6H3;8-11,18H,7,12-17H2,1-6H3;1H. The van der Waals surface area contributed by atoms with Gasteiger partial charge in [-0.3, -0.25) is 4.79 Å². The predicted molar refractivity (Wildman–Crippen MR) is 220 cm³/mol. The van der Waals surface area contributed by atoms with Gasteiger partial charge in [-0.25, -0.2) is 0 Å². The second-order valence-corrected chi connectivity index (χ2v) is 28.9. The van der Waals surface area contributed by atoms with Gasteiger partial charge in [0, 0.05) is 33.6 Å². The Kier molecular flexibility index (Phi) is 16.2. The average molecular weight is 714 g/mol. The van der Waals surface area contributed by atoms with Crippen molar-refractivity contribution in [1.82, 2.24) is 9.80 Å². The Bertz CT molecular complexity index is 1240. The van der Waals surface area contributed by atoms with Crippen molar-refractivity contribution in [2.45, 2.75) is 142 Å². The lowest BCUT2D eigenvalue weighted by molar-refractivity contribution is -0.134. The molecule has 2 fully saturated rings. The maximum Gasteiger partial charge on any atom is 0.225 e. The first-order chi connectivity index (χ1) is 21.9. The molecule has 2 atom stereocenters. The van der Waals surface area contributed by atoms with E-state index in [4.69, 9.17) is 0 Å². The zero-order valence-corrected chi connectivity index (χ0v) is 36.0. The van der Waals surface area contributed by atoms with Crippen LogP contribution in [0.2, 0.25) is 50.4 Å². The van der Waals surface area contributed by atoms with Crippen LogP contribution in [0.3, 0.4) is 0 Å². The number of carbonyl (C=O) groups is 1. The first kappa shape index (κ1) is 42.8. The molecule has 0 aromatic heterocycles. The molecular formula is C42H73ClN2OSi2. The van der Waals surface area contributed by atoms with Gasteiger partial charge in [-0.2, -0.15) is 0 Å². The summed E-state index contributed by atoms with van der Waals surface area (Å²) in [5.74, 6) is 1.18. The third-order valence-corrected chi connectivity index (χ3v) is 18.3. The highest BCUT2D eigenvalue weighted by atomic mass is 35.5. The monoisotopic (exact) mass is 712 g/mol. The van der Waals surface area contributed by atoms with E-state index in [1.165, 1.54) is 78.9 Å². The van der Waals surface area contributed by atoms with Gasteiger partial charge < -0.3 is 9.80 Å². The molecular weight excluding hydrogens is 640 g/mol. The molecule has 2 aromatic rings. The van der Waals surface area contributed by atoms with Crippen LogP contribution in [0.15, 0.2) is 48.5 Å². The van der Waals surface area contributed by atoms with Crippen molar-refractivity contribution in [2.24, 2.45) is 11.8 Å². The summed E-state index contributed by atoms with van der Waals surface area (Å²) in [5.41, 5.74) is 6.16. The van der Waals surface area contributed by atoms with Crippen LogP contribution in [0.25, 0.3) is 0 Å². The number of halogens is 1. The van der Waals surface area contributed by atoms with Gasteiger partial charge >= 0.3 is 0 Å². The minimum atomic E-state index is -1.01. The van der Waals surface area contributed by atoms with Gasteiger partial charge in [0.2, 0.25) is 5.91 Å². The highest BCUT2D eigenvalue weighted by Crippen LogP contribution is 2.29. The van der Waals surface area contributed by atoms with Gasteiger partial charge in [0.1, 0.15) is 0 Å². The third kappa shape index (κ3) is 13.0. The number of nitrogens with zero attached hydrogens (tertiary/aromatic N) is 2. The lowest BCUT2D eigenvalue weighted by atomic mass is 9.82. The van der Waals surface area contributed by atoms with E-state index in [0.717, 1.165) is 31.8 Å². The Morgan fingerprint density at radius 2 is 1.04 bits per heavy atom. The molecule has 6 heteroatoms. The molecule has 0 saturated carbocycles. The van der Waals surface area contributed by atoms with E-state index in [-0.39, 0.29) is 23.7 Å². The van der Waals surface area contributed by atoms with Crippen molar-refractivity contribution in [2.75, 3.05) is 32.7 Å². The highest BCUT2D eigenvalue weighted by Gasteiger charge is 2.31. The summed E-state index contributed by atoms with van der Waals surface area (Å²) >= 11 is 0. The molecule has 2 saturated heterocycles. The summed E-state index contributed by atoms with van der Waals surface area (Å²) in [5, 5.41) is 0. The summed E-state index contributed by atoms with van der Waals surface area (Å²) in [7, 11) is -1.84. The molecule has 3 nitrogen and oxygen atoms in total. The number of carbonyl (C=O) groups excluding carboxylic acids is 1. The molecule has 0 aliphatic carbocycles. The number of hydrogen-bond acceptors (Lipinski definition) is 2. The smallest absolute Gasteiger partial charge is 0.225 e. The van der Waals surface area contributed by atoms with E-state index < -0.39 is 16.1 Å². The van der Waals surface area contributed by atoms with E-state index in [1.807, 2.05) is 0 Å². The first-order valence-corrected chi connectivity index (χ1v) is 25.9. The van der Waals surface area contributed by atoms with Crippen LogP contribution in [0, 0.1) is 11.8 Å². The Labute approximate surface area is 305 Å². The van der Waals surface area contributed by atoms with Crippen molar-refractivity contribution in [3.05, 3.63) is 70.8 Å². The normalized spacial score (nSPS) is 19.4. The van der Waals surface area contributed by atoms with Gasteiger partial charge in [0.25, 0.3) is 0 Å². The lowest BCUT2D eigenvalue weighted by Crippen LogP contribution is -2.47.